The minimum absolute atomic E-state index is 0.0802. The summed E-state index contributed by atoms with van der Waals surface area (Å²) in [6.07, 6.45) is 1.38. The van der Waals surface area contributed by atoms with E-state index in [0.29, 0.717) is 35.6 Å². The standard InChI is InChI=1S/C21H26N4O4S/c1-11-17-14(24-25-20(22)30)9-21(2,3)10-16(17)29-18(11)19(26)23-13-8-12(27-4)6-7-15(13)28-5/h6-8H,9-10H2,1-5H3,(H,23,26)(H3,22,25,30)/b24-14-. The third-order valence-electron chi connectivity index (χ3n) is 4.96. The number of methoxy groups -OCH3 is 2. The van der Waals surface area contributed by atoms with Crippen molar-refractivity contribution in [3.8, 4) is 11.5 Å². The van der Waals surface area contributed by atoms with Crippen molar-refractivity contribution in [3.63, 3.8) is 0 Å². The molecule has 0 spiro atoms. The van der Waals surface area contributed by atoms with Gasteiger partial charge in [-0.3, -0.25) is 10.2 Å². The van der Waals surface area contributed by atoms with Gasteiger partial charge in [0.2, 0.25) is 0 Å². The zero-order valence-electron chi connectivity index (χ0n) is 17.7. The van der Waals surface area contributed by atoms with E-state index < -0.39 is 0 Å². The lowest BCUT2D eigenvalue weighted by atomic mass is 9.75. The second-order valence-electron chi connectivity index (χ2n) is 7.93. The largest absolute Gasteiger partial charge is 0.497 e. The molecule has 1 aliphatic carbocycles. The first kappa shape index (κ1) is 21.6. The molecule has 1 aliphatic rings. The van der Waals surface area contributed by atoms with Crippen LogP contribution in [0.1, 0.15) is 47.7 Å². The Morgan fingerprint density at radius 3 is 2.63 bits per heavy atom. The van der Waals surface area contributed by atoms with Crippen molar-refractivity contribution in [2.75, 3.05) is 19.5 Å². The van der Waals surface area contributed by atoms with E-state index in [4.69, 9.17) is 31.8 Å². The molecule has 2 aromatic rings. The number of rotatable bonds is 5. The minimum atomic E-state index is -0.382. The number of carbonyl (C=O) groups excluding carboxylic acids is 1. The number of amides is 1. The molecular formula is C21H26N4O4S. The Morgan fingerprint density at radius 1 is 1.27 bits per heavy atom. The molecule has 0 atom stereocenters. The number of nitrogens with two attached hydrogens (primary N) is 1. The number of fused-ring (bicyclic) bond motifs is 1. The molecule has 0 saturated heterocycles. The monoisotopic (exact) mass is 430 g/mol. The van der Waals surface area contributed by atoms with Gasteiger partial charge < -0.3 is 24.9 Å². The molecule has 0 bridgehead atoms. The van der Waals surface area contributed by atoms with Gasteiger partial charge in [0, 0.05) is 23.6 Å². The summed E-state index contributed by atoms with van der Waals surface area (Å²) in [5, 5.41) is 7.29. The molecule has 1 aromatic heterocycles. The molecule has 0 saturated carbocycles. The molecule has 9 heteroatoms. The lowest BCUT2D eigenvalue weighted by molar-refractivity contribution is 0.0992. The predicted octanol–water partition coefficient (Wildman–Crippen LogP) is 3.37. The highest BCUT2D eigenvalue weighted by Gasteiger charge is 2.36. The van der Waals surface area contributed by atoms with Crippen LogP contribution in [0.15, 0.2) is 27.7 Å². The van der Waals surface area contributed by atoms with Crippen LogP contribution < -0.4 is 25.9 Å². The average Bonchev–Trinajstić information content (AvgIpc) is 3.01. The Hall–Kier alpha value is -3.07. The van der Waals surface area contributed by atoms with Crippen LogP contribution in [-0.4, -0.2) is 31.0 Å². The van der Waals surface area contributed by atoms with Crippen molar-refractivity contribution in [3.05, 3.63) is 40.8 Å². The van der Waals surface area contributed by atoms with Gasteiger partial charge >= 0.3 is 0 Å². The van der Waals surface area contributed by atoms with E-state index in [2.05, 4.69) is 29.7 Å². The maximum Gasteiger partial charge on any atom is 0.291 e. The van der Waals surface area contributed by atoms with Crippen LogP contribution in [-0.2, 0) is 6.42 Å². The number of ether oxygens (including phenoxy) is 2. The van der Waals surface area contributed by atoms with Crippen LogP contribution in [0.2, 0.25) is 0 Å². The van der Waals surface area contributed by atoms with Crippen molar-refractivity contribution in [2.45, 2.75) is 33.6 Å². The molecule has 0 fully saturated rings. The lowest BCUT2D eigenvalue weighted by Crippen LogP contribution is -2.31. The number of nitrogens with one attached hydrogen (secondary N) is 2. The summed E-state index contributed by atoms with van der Waals surface area (Å²) in [7, 11) is 3.09. The normalized spacial score (nSPS) is 16.0. The molecule has 0 radical (unpaired) electrons. The highest BCUT2D eigenvalue weighted by atomic mass is 32.1. The number of hydrazone groups is 1. The summed E-state index contributed by atoms with van der Waals surface area (Å²) in [4.78, 5) is 13.1. The van der Waals surface area contributed by atoms with Crippen LogP contribution in [0.3, 0.4) is 0 Å². The molecule has 1 heterocycles. The van der Waals surface area contributed by atoms with Gasteiger partial charge in [-0.05, 0) is 43.1 Å². The number of hydrogen-bond donors (Lipinski definition) is 3. The van der Waals surface area contributed by atoms with E-state index >= 15 is 0 Å². The number of nitrogens with zero attached hydrogens (tertiary/aromatic N) is 1. The van der Waals surface area contributed by atoms with Crippen molar-refractivity contribution in [2.24, 2.45) is 16.3 Å². The molecule has 3 rings (SSSR count). The van der Waals surface area contributed by atoms with Gasteiger partial charge in [-0.15, -0.1) is 0 Å². The fourth-order valence-electron chi connectivity index (χ4n) is 3.64. The number of thiocarbonyl (C=S) groups is 1. The average molecular weight is 431 g/mol. The first-order chi connectivity index (χ1) is 14.1. The Morgan fingerprint density at radius 2 is 2.00 bits per heavy atom. The number of carbonyl (C=O) groups is 1. The fraction of sp³-hybridized carbons (Fsp3) is 0.381. The van der Waals surface area contributed by atoms with E-state index in [1.807, 2.05) is 6.92 Å². The van der Waals surface area contributed by atoms with Gasteiger partial charge in [0.05, 0.1) is 25.6 Å². The van der Waals surface area contributed by atoms with Gasteiger partial charge in [0.25, 0.3) is 5.91 Å². The Labute approximate surface area is 180 Å². The number of anilines is 1. The molecule has 30 heavy (non-hydrogen) atoms. The van der Waals surface area contributed by atoms with Crippen molar-refractivity contribution >= 4 is 34.6 Å². The van der Waals surface area contributed by atoms with Gasteiger partial charge in [-0.1, -0.05) is 13.8 Å². The molecule has 0 aliphatic heterocycles. The number of benzene rings is 1. The second kappa shape index (κ2) is 8.35. The zero-order chi connectivity index (χ0) is 22.1. The summed E-state index contributed by atoms with van der Waals surface area (Å²) >= 11 is 4.87. The fourth-order valence-corrected chi connectivity index (χ4v) is 3.69. The maximum atomic E-state index is 13.1. The van der Waals surface area contributed by atoms with Crippen molar-refractivity contribution < 1.29 is 18.7 Å². The van der Waals surface area contributed by atoms with Crippen LogP contribution in [0.5, 0.6) is 11.5 Å². The summed E-state index contributed by atoms with van der Waals surface area (Å²) in [6.45, 7) is 6.07. The van der Waals surface area contributed by atoms with Crippen LogP contribution >= 0.6 is 12.2 Å². The topological polar surface area (TPSA) is 111 Å². The van der Waals surface area contributed by atoms with Gasteiger partial charge in [0.1, 0.15) is 17.3 Å². The van der Waals surface area contributed by atoms with E-state index in [1.54, 1.807) is 25.3 Å². The van der Waals surface area contributed by atoms with Gasteiger partial charge in [-0.2, -0.15) is 5.10 Å². The van der Waals surface area contributed by atoms with E-state index in [-0.39, 0.29) is 22.2 Å². The second-order valence-corrected chi connectivity index (χ2v) is 8.37. The molecule has 8 nitrogen and oxygen atoms in total. The SMILES string of the molecule is COc1ccc(OC)c(NC(=O)c2oc3c(c2C)/C(=N\NC(N)=S)CC(C)(C)C3)c1. The van der Waals surface area contributed by atoms with Crippen LogP contribution in [0.25, 0.3) is 0 Å². The Bertz CT molecular complexity index is 1030. The van der Waals surface area contributed by atoms with Crippen LogP contribution in [0, 0.1) is 12.3 Å². The Balaban J connectivity index is 1.98. The quantitative estimate of drug-likeness (QED) is 0.493. The molecule has 1 amide bonds. The summed E-state index contributed by atoms with van der Waals surface area (Å²) in [6, 6.07) is 5.17. The molecular weight excluding hydrogens is 404 g/mol. The van der Waals surface area contributed by atoms with Crippen molar-refractivity contribution in [1.82, 2.24) is 5.43 Å². The molecule has 1 aromatic carbocycles. The highest BCUT2D eigenvalue weighted by molar-refractivity contribution is 7.80. The highest BCUT2D eigenvalue weighted by Crippen LogP contribution is 2.39. The number of hydrogen-bond acceptors (Lipinski definition) is 6. The first-order valence-corrected chi connectivity index (χ1v) is 9.84. The summed E-state index contributed by atoms with van der Waals surface area (Å²) in [5.41, 5.74) is 10.9. The predicted molar refractivity (Wildman–Crippen MR) is 120 cm³/mol. The third-order valence-corrected chi connectivity index (χ3v) is 5.05. The molecule has 4 N–H and O–H groups in total. The molecule has 0 unspecified atom stereocenters. The van der Waals surface area contributed by atoms with Gasteiger partial charge in [0.15, 0.2) is 10.9 Å². The van der Waals surface area contributed by atoms with Crippen molar-refractivity contribution in [1.29, 1.82) is 0 Å². The zero-order valence-corrected chi connectivity index (χ0v) is 18.5. The Kier molecular flexibility index (Phi) is 6.02. The summed E-state index contributed by atoms with van der Waals surface area (Å²) < 4.78 is 16.6. The molecule has 160 valence electrons. The van der Waals surface area contributed by atoms with E-state index in [0.717, 1.165) is 17.0 Å². The lowest BCUT2D eigenvalue weighted by Gasteiger charge is -2.29. The number of furan rings is 1. The smallest absolute Gasteiger partial charge is 0.291 e. The summed E-state index contributed by atoms with van der Waals surface area (Å²) in [5.74, 6) is 1.68. The third kappa shape index (κ3) is 4.40. The van der Waals surface area contributed by atoms with E-state index in [1.165, 1.54) is 7.11 Å². The minimum Gasteiger partial charge on any atom is -0.497 e. The first-order valence-electron chi connectivity index (χ1n) is 9.43. The van der Waals surface area contributed by atoms with Gasteiger partial charge in [-0.25, -0.2) is 0 Å². The maximum absolute atomic E-state index is 13.1. The van der Waals surface area contributed by atoms with Crippen LogP contribution in [0.4, 0.5) is 5.69 Å². The van der Waals surface area contributed by atoms with E-state index in [9.17, 15) is 4.79 Å².